The standard InChI is InChI=1S/C10H11BrO3S/c1-15(13,14)7-10(12)6-8-2-4-9(11)5-3-8/h2-5H,6-7H2,1H3. The van der Waals surface area contributed by atoms with Gasteiger partial charge in [-0.15, -0.1) is 0 Å². The molecule has 0 radical (unpaired) electrons. The predicted molar refractivity (Wildman–Crippen MR) is 62.6 cm³/mol. The van der Waals surface area contributed by atoms with Crippen molar-refractivity contribution in [1.82, 2.24) is 0 Å². The van der Waals surface area contributed by atoms with Crippen molar-refractivity contribution in [2.45, 2.75) is 6.42 Å². The first-order valence-corrected chi connectivity index (χ1v) is 7.16. The molecule has 0 amide bonds. The second kappa shape index (κ2) is 4.90. The second-order valence-corrected chi connectivity index (χ2v) is 6.47. The number of carbonyl (C=O) groups excluding carboxylic acids is 1. The van der Waals surface area contributed by atoms with Gasteiger partial charge in [-0.1, -0.05) is 28.1 Å². The Hall–Kier alpha value is -0.680. The highest BCUT2D eigenvalue weighted by molar-refractivity contribution is 9.10. The normalized spacial score (nSPS) is 11.3. The van der Waals surface area contributed by atoms with Crippen molar-refractivity contribution in [2.75, 3.05) is 12.0 Å². The number of halogens is 1. The smallest absolute Gasteiger partial charge is 0.154 e. The van der Waals surface area contributed by atoms with Crippen molar-refractivity contribution in [3.05, 3.63) is 34.3 Å². The van der Waals surface area contributed by atoms with Crippen LogP contribution in [0.3, 0.4) is 0 Å². The van der Waals surface area contributed by atoms with Crippen LogP contribution in [-0.4, -0.2) is 26.2 Å². The summed E-state index contributed by atoms with van der Waals surface area (Å²) in [5.74, 6) is -0.664. The largest absolute Gasteiger partial charge is 0.298 e. The van der Waals surface area contributed by atoms with Crippen LogP contribution in [0.2, 0.25) is 0 Å². The minimum Gasteiger partial charge on any atom is -0.298 e. The van der Waals surface area contributed by atoms with Gasteiger partial charge in [0.1, 0.15) is 5.75 Å². The van der Waals surface area contributed by atoms with E-state index in [1.807, 2.05) is 12.1 Å². The topological polar surface area (TPSA) is 51.2 Å². The Labute approximate surface area is 97.5 Å². The van der Waals surface area contributed by atoms with Crippen LogP contribution in [0.15, 0.2) is 28.7 Å². The third-order valence-corrected chi connectivity index (χ3v) is 3.11. The molecular formula is C10H11BrO3S. The fourth-order valence-electron chi connectivity index (χ4n) is 1.17. The highest BCUT2D eigenvalue weighted by Crippen LogP contribution is 2.11. The number of benzene rings is 1. The second-order valence-electron chi connectivity index (χ2n) is 3.41. The molecule has 0 atom stereocenters. The SMILES string of the molecule is CS(=O)(=O)CC(=O)Cc1ccc(Br)cc1. The van der Waals surface area contributed by atoms with Gasteiger partial charge in [0.15, 0.2) is 15.6 Å². The molecule has 1 rings (SSSR count). The van der Waals surface area contributed by atoms with E-state index in [1.54, 1.807) is 12.1 Å². The lowest BCUT2D eigenvalue weighted by Crippen LogP contribution is -2.16. The third-order valence-electron chi connectivity index (χ3n) is 1.74. The maximum absolute atomic E-state index is 11.3. The van der Waals surface area contributed by atoms with Crippen LogP contribution >= 0.6 is 15.9 Å². The van der Waals surface area contributed by atoms with Crippen LogP contribution in [0.5, 0.6) is 0 Å². The Kier molecular flexibility index (Phi) is 4.04. The van der Waals surface area contributed by atoms with Crippen molar-refractivity contribution < 1.29 is 13.2 Å². The van der Waals surface area contributed by atoms with Gasteiger partial charge < -0.3 is 0 Å². The molecule has 0 unspecified atom stereocenters. The number of hydrogen-bond acceptors (Lipinski definition) is 3. The van der Waals surface area contributed by atoms with Gasteiger partial charge in [-0.3, -0.25) is 4.79 Å². The van der Waals surface area contributed by atoms with Crippen molar-refractivity contribution in [3.63, 3.8) is 0 Å². The highest BCUT2D eigenvalue weighted by Gasteiger charge is 2.11. The Morgan fingerprint density at radius 2 is 1.80 bits per heavy atom. The summed E-state index contributed by atoms with van der Waals surface area (Å²) in [6, 6.07) is 7.24. The summed E-state index contributed by atoms with van der Waals surface area (Å²) >= 11 is 3.28. The molecule has 0 N–H and O–H groups in total. The Bertz CT molecular complexity index is 448. The summed E-state index contributed by atoms with van der Waals surface area (Å²) in [7, 11) is -3.21. The van der Waals surface area contributed by atoms with Crippen LogP contribution in [-0.2, 0) is 21.1 Å². The fraction of sp³-hybridized carbons (Fsp3) is 0.300. The van der Waals surface area contributed by atoms with Crippen LogP contribution < -0.4 is 0 Å². The molecular weight excluding hydrogens is 280 g/mol. The average Bonchev–Trinajstić information content (AvgIpc) is 2.05. The van der Waals surface area contributed by atoms with Crippen LogP contribution in [0.25, 0.3) is 0 Å². The first-order chi connectivity index (χ1) is 6.87. The molecule has 1 aromatic carbocycles. The predicted octanol–water partition coefficient (Wildman–Crippen LogP) is 1.61. The van der Waals surface area contributed by atoms with Crippen LogP contribution in [0.4, 0.5) is 0 Å². The molecule has 0 aromatic heterocycles. The number of ketones is 1. The maximum Gasteiger partial charge on any atom is 0.154 e. The van der Waals surface area contributed by atoms with E-state index in [9.17, 15) is 13.2 Å². The molecule has 1 aromatic rings. The van der Waals surface area contributed by atoms with E-state index in [2.05, 4.69) is 15.9 Å². The van der Waals surface area contributed by atoms with E-state index in [0.29, 0.717) is 0 Å². The van der Waals surface area contributed by atoms with E-state index in [-0.39, 0.29) is 18.0 Å². The molecule has 3 nitrogen and oxygen atoms in total. The average molecular weight is 291 g/mol. The zero-order valence-electron chi connectivity index (χ0n) is 8.23. The van der Waals surface area contributed by atoms with E-state index in [1.165, 1.54) is 0 Å². The Morgan fingerprint density at radius 3 is 2.27 bits per heavy atom. The lowest BCUT2D eigenvalue weighted by Gasteiger charge is -2.00. The Balaban J connectivity index is 2.63. The van der Waals surface area contributed by atoms with Crippen molar-refractivity contribution in [2.24, 2.45) is 0 Å². The lowest BCUT2D eigenvalue weighted by molar-refractivity contribution is -0.116. The van der Waals surface area contributed by atoms with Gasteiger partial charge in [0.2, 0.25) is 0 Å². The van der Waals surface area contributed by atoms with Crippen molar-refractivity contribution in [3.8, 4) is 0 Å². The summed E-state index contributed by atoms with van der Waals surface area (Å²) < 4.78 is 22.6. The van der Waals surface area contributed by atoms with Crippen LogP contribution in [0.1, 0.15) is 5.56 Å². The van der Waals surface area contributed by atoms with Crippen LogP contribution in [0, 0.1) is 0 Å². The van der Waals surface area contributed by atoms with Gasteiger partial charge in [-0.2, -0.15) is 0 Å². The number of hydrogen-bond donors (Lipinski definition) is 0. The summed E-state index contributed by atoms with van der Waals surface area (Å²) in [5.41, 5.74) is 0.826. The Morgan fingerprint density at radius 1 is 1.27 bits per heavy atom. The monoisotopic (exact) mass is 290 g/mol. The number of sulfone groups is 1. The van der Waals surface area contributed by atoms with Gasteiger partial charge in [0, 0.05) is 17.1 Å². The minimum absolute atomic E-state index is 0.167. The summed E-state index contributed by atoms with van der Waals surface area (Å²) in [4.78, 5) is 11.3. The maximum atomic E-state index is 11.3. The quantitative estimate of drug-likeness (QED) is 0.846. The molecule has 0 aliphatic rings. The molecule has 0 bridgehead atoms. The molecule has 0 saturated heterocycles. The van der Waals surface area contributed by atoms with Crippen molar-refractivity contribution >= 4 is 31.6 Å². The van der Waals surface area contributed by atoms with Gasteiger partial charge in [-0.05, 0) is 17.7 Å². The highest BCUT2D eigenvalue weighted by atomic mass is 79.9. The number of carbonyl (C=O) groups is 1. The zero-order chi connectivity index (χ0) is 11.5. The summed E-state index contributed by atoms with van der Waals surface area (Å²) in [6.45, 7) is 0. The summed E-state index contributed by atoms with van der Waals surface area (Å²) in [5, 5.41) is 0. The third kappa shape index (κ3) is 5.09. The molecule has 0 fully saturated rings. The van der Waals surface area contributed by atoms with Crippen molar-refractivity contribution in [1.29, 1.82) is 0 Å². The first kappa shape index (κ1) is 12.4. The number of Topliss-reactive ketones (excluding diaryl/α,β-unsaturated/α-hetero) is 1. The van der Waals surface area contributed by atoms with E-state index in [4.69, 9.17) is 0 Å². The minimum atomic E-state index is -3.21. The molecule has 5 heteroatoms. The summed E-state index contributed by atoms with van der Waals surface area (Å²) in [6.07, 6.45) is 1.23. The van der Waals surface area contributed by atoms with E-state index < -0.39 is 9.84 Å². The van der Waals surface area contributed by atoms with Gasteiger partial charge in [-0.25, -0.2) is 8.42 Å². The molecule has 15 heavy (non-hydrogen) atoms. The first-order valence-electron chi connectivity index (χ1n) is 4.31. The molecule has 0 saturated carbocycles. The van der Waals surface area contributed by atoms with Gasteiger partial charge >= 0.3 is 0 Å². The van der Waals surface area contributed by atoms with E-state index in [0.717, 1.165) is 16.3 Å². The lowest BCUT2D eigenvalue weighted by atomic mass is 10.1. The molecule has 0 aliphatic heterocycles. The number of rotatable bonds is 4. The zero-order valence-corrected chi connectivity index (χ0v) is 10.6. The molecule has 82 valence electrons. The van der Waals surface area contributed by atoms with Gasteiger partial charge in [0.05, 0.1) is 0 Å². The molecule has 0 aliphatic carbocycles. The molecule has 0 heterocycles. The van der Waals surface area contributed by atoms with E-state index >= 15 is 0 Å². The van der Waals surface area contributed by atoms with Gasteiger partial charge in [0.25, 0.3) is 0 Å². The molecule has 0 spiro atoms. The fourth-order valence-corrected chi connectivity index (χ4v) is 2.12.